The SMILES string of the molecule is CC(C)(Br)C(=O)OCCCCOC(=O)C(C)(C)Br. The lowest BCUT2D eigenvalue weighted by Crippen LogP contribution is -2.27. The van der Waals surface area contributed by atoms with Crippen LogP contribution in [0, 0.1) is 0 Å². The van der Waals surface area contributed by atoms with Crippen LogP contribution < -0.4 is 0 Å². The van der Waals surface area contributed by atoms with Crippen molar-refractivity contribution in [2.45, 2.75) is 49.2 Å². The van der Waals surface area contributed by atoms with Crippen molar-refractivity contribution in [2.24, 2.45) is 0 Å². The number of ether oxygens (including phenoxy) is 2. The summed E-state index contributed by atoms with van der Waals surface area (Å²) < 4.78 is 8.78. The van der Waals surface area contributed by atoms with E-state index in [1.54, 1.807) is 27.7 Å². The molecule has 0 N–H and O–H groups in total. The first-order chi connectivity index (χ1) is 8.05. The first-order valence-corrected chi connectivity index (χ1v) is 7.36. The van der Waals surface area contributed by atoms with Crippen molar-refractivity contribution in [1.29, 1.82) is 0 Å². The fourth-order valence-corrected chi connectivity index (χ4v) is 1.11. The van der Waals surface area contributed by atoms with Gasteiger partial charge in [-0.05, 0) is 40.5 Å². The molecule has 0 bridgehead atoms. The number of alkyl halides is 2. The van der Waals surface area contributed by atoms with Gasteiger partial charge in [-0.3, -0.25) is 9.59 Å². The van der Waals surface area contributed by atoms with E-state index in [2.05, 4.69) is 31.9 Å². The molecule has 0 fully saturated rings. The first kappa shape index (κ1) is 17.9. The van der Waals surface area contributed by atoms with Crippen LogP contribution in [0.5, 0.6) is 0 Å². The molecule has 18 heavy (non-hydrogen) atoms. The minimum absolute atomic E-state index is 0.291. The average molecular weight is 388 g/mol. The fraction of sp³-hybridized carbons (Fsp3) is 0.833. The van der Waals surface area contributed by atoms with E-state index in [1.807, 2.05) is 0 Å². The Morgan fingerprint density at radius 3 is 1.33 bits per heavy atom. The molecule has 0 rings (SSSR count). The Balaban J connectivity index is 3.60. The summed E-state index contributed by atoms with van der Waals surface area (Å²) in [6, 6.07) is 0. The molecule has 6 heteroatoms. The van der Waals surface area contributed by atoms with Gasteiger partial charge in [-0.25, -0.2) is 0 Å². The number of rotatable bonds is 7. The topological polar surface area (TPSA) is 52.6 Å². The third-order valence-corrected chi connectivity index (χ3v) is 2.62. The zero-order valence-corrected chi connectivity index (χ0v) is 14.4. The largest absolute Gasteiger partial charge is 0.465 e. The molecule has 0 aliphatic heterocycles. The molecule has 0 atom stereocenters. The molecule has 0 heterocycles. The van der Waals surface area contributed by atoms with E-state index >= 15 is 0 Å². The summed E-state index contributed by atoms with van der Waals surface area (Å²) in [5.74, 6) is -0.581. The van der Waals surface area contributed by atoms with E-state index < -0.39 is 8.65 Å². The Morgan fingerprint density at radius 1 is 0.833 bits per heavy atom. The second-order valence-corrected chi connectivity index (χ2v) is 8.89. The average Bonchev–Trinajstić information content (AvgIpc) is 2.19. The second-order valence-electron chi connectivity index (χ2n) is 4.92. The van der Waals surface area contributed by atoms with Crippen LogP contribution >= 0.6 is 31.9 Å². The van der Waals surface area contributed by atoms with Gasteiger partial charge < -0.3 is 9.47 Å². The standard InChI is InChI=1S/C12H20Br2O4/c1-11(2,13)9(15)17-7-5-6-8-18-10(16)12(3,4)14/h5-8H2,1-4H3. The van der Waals surface area contributed by atoms with Gasteiger partial charge in [0.25, 0.3) is 0 Å². The summed E-state index contributed by atoms with van der Waals surface area (Å²) in [4.78, 5) is 22.8. The highest BCUT2D eigenvalue weighted by Gasteiger charge is 2.26. The van der Waals surface area contributed by atoms with Crippen LogP contribution in [0.15, 0.2) is 0 Å². The Hall–Kier alpha value is -0.100. The van der Waals surface area contributed by atoms with Crippen LogP contribution in [0.25, 0.3) is 0 Å². The third kappa shape index (κ3) is 8.08. The zero-order chi connectivity index (χ0) is 14.4. The lowest BCUT2D eigenvalue weighted by atomic mass is 10.2. The van der Waals surface area contributed by atoms with E-state index in [1.165, 1.54) is 0 Å². The van der Waals surface area contributed by atoms with E-state index in [0.29, 0.717) is 26.1 Å². The lowest BCUT2D eigenvalue weighted by Gasteiger charge is -2.16. The molecular weight excluding hydrogens is 368 g/mol. The highest BCUT2D eigenvalue weighted by atomic mass is 79.9. The van der Waals surface area contributed by atoms with Gasteiger partial charge in [0.1, 0.15) is 8.65 Å². The quantitative estimate of drug-likeness (QED) is 0.382. The molecule has 0 aliphatic rings. The van der Waals surface area contributed by atoms with Crippen LogP contribution in [0.1, 0.15) is 40.5 Å². The van der Waals surface area contributed by atoms with Crippen molar-refractivity contribution in [3.63, 3.8) is 0 Å². The van der Waals surface area contributed by atoms with Crippen molar-refractivity contribution in [3.8, 4) is 0 Å². The molecule has 4 nitrogen and oxygen atoms in total. The summed E-state index contributed by atoms with van der Waals surface area (Å²) in [6.45, 7) is 7.60. The monoisotopic (exact) mass is 386 g/mol. The Morgan fingerprint density at radius 2 is 1.11 bits per heavy atom. The van der Waals surface area contributed by atoms with Crippen molar-refractivity contribution in [2.75, 3.05) is 13.2 Å². The molecule has 0 aromatic rings. The van der Waals surface area contributed by atoms with Gasteiger partial charge in [0, 0.05) is 0 Å². The number of unbranched alkanes of at least 4 members (excludes halogenated alkanes) is 1. The third-order valence-electron chi connectivity index (χ3n) is 1.98. The number of esters is 2. The van der Waals surface area contributed by atoms with Gasteiger partial charge in [0.2, 0.25) is 0 Å². The summed E-state index contributed by atoms with van der Waals surface area (Å²) >= 11 is 6.44. The van der Waals surface area contributed by atoms with Crippen molar-refractivity contribution < 1.29 is 19.1 Å². The maximum absolute atomic E-state index is 11.4. The summed E-state index contributed by atoms with van der Waals surface area (Å²) in [5.41, 5.74) is 0. The van der Waals surface area contributed by atoms with Crippen molar-refractivity contribution >= 4 is 43.8 Å². The zero-order valence-electron chi connectivity index (χ0n) is 11.2. The smallest absolute Gasteiger partial charge is 0.322 e. The molecule has 0 spiro atoms. The molecule has 0 saturated heterocycles. The van der Waals surface area contributed by atoms with Gasteiger partial charge in [0.15, 0.2) is 0 Å². The normalized spacial score (nSPS) is 12.1. The summed E-state index contributed by atoms with van der Waals surface area (Å²) in [5, 5.41) is 0. The predicted octanol–water partition coefficient (Wildman–Crippen LogP) is 3.20. The Kier molecular flexibility index (Phi) is 7.44. The molecule has 0 aromatic heterocycles. The molecule has 0 unspecified atom stereocenters. The second kappa shape index (κ2) is 7.48. The van der Waals surface area contributed by atoms with Gasteiger partial charge >= 0.3 is 11.9 Å². The Bertz CT molecular complexity index is 259. The lowest BCUT2D eigenvalue weighted by molar-refractivity contribution is -0.147. The van der Waals surface area contributed by atoms with Gasteiger partial charge in [-0.2, -0.15) is 0 Å². The van der Waals surface area contributed by atoms with Gasteiger partial charge in [-0.15, -0.1) is 0 Å². The van der Waals surface area contributed by atoms with E-state index in [9.17, 15) is 9.59 Å². The van der Waals surface area contributed by atoms with Crippen LogP contribution in [-0.4, -0.2) is 33.8 Å². The van der Waals surface area contributed by atoms with Crippen molar-refractivity contribution in [3.05, 3.63) is 0 Å². The molecule has 0 amide bonds. The molecular formula is C12H20Br2O4. The summed E-state index contributed by atoms with van der Waals surface area (Å²) in [6.07, 6.45) is 1.34. The number of halogens is 2. The van der Waals surface area contributed by atoms with Crippen LogP contribution in [0.3, 0.4) is 0 Å². The molecule has 0 aromatic carbocycles. The Labute approximate surface area is 125 Å². The number of hydrogen-bond acceptors (Lipinski definition) is 4. The number of hydrogen-bond donors (Lipinski definition) is 0. The van der Waals surface area contributed by atoms with E-state index in [4.69, 9.17) is 9.47 Å². The first-order valence-electron chi connectivity index (χ1n) is 5.77. The van der Waals surface area contributed by atoms with Crippen LogP contribution in [0.4, 0.5) is 0 Å². The highest BCUT2D eigenvalue weighted by Crippen LogP contribution is 2.18. The minimum Gasteiger partial charge on any atom is -0.465 e. The van der Waals surface area contributed by atoms with E-state index in [-0.39, 0.29) is 11.9 Å². The molecule has 0 radical (unpaired) electrons. The number of carbonyl (C=O) groups excluding carboxylic acids is 2. The molecule has 0 aliphatic carbocycles. The van der Waals surface area contributed by atoms with Crippen LogP contribution in [0.2, 0.25) is 0 Å². The summed E-state index contributed by atoms with van der Waals surface area (Å²) in [7, 11) is 0. The van der Waals surface area contributed by atoms with Crippen molar-refractivity contribution in [1.82, 2.24) is 0 Å². The molecule has 106 valence electrons. The van der Waals surface area contributed by atoms with Crippen LogP contribution in [-0.2, 0) is 19.1 Å². The number of carbonyl (C=O) groups is 2. The predicted molar refractivity (Wildman–Crippen MR) is 77.2 cm³/mol. The minimum atomic E-state index is -0.653. The maximum atomic E-state index is 11.4. The maximum Gasteiger partial charge on any atom is 0.322 e. The molecule has 0 saturated carbocycles. The fourth-order valence-electron chi connectivity index (χ4n) is 0.877. The van der Waals surface area contributed by atoms with Gasteiger partial charge in [0.05, 0.1) is 13.2 Å². The van der Waals surface area contributed by atoms with E-state index in [0.717, 1.165) is 0 Å². The highest BCUT2D eigenvalue weighted by molar-refractivity contribution is 9.10. The van der Waals surface area contributed by atoms with Gasteiger partial charge in [-0.1, -0.05) is 31.9 Å².